The summed E-state index contributed by atoms with van der Waals surface area (Å²) in [5.41, 5.74) is 1.29. The van der Waals surface area contributed by atoms with Crippen LogP contribution in [-0.2, 0) is 4.79 Å². The van der Waals surface area contributed by atoms with Crippen molar-refractivity contribution in [1.82, 2.24) is 5.32 Å². The van der Waals surface area contributed by atoms with Gasteiger partial charge in [-0.1, -0.05) is 48.5 Å². The molecule has 0 aliphatic rings. The lowest BCUT2D eigenvalue weighted by atomic mass is 10.0. The Bertz CT molecular complexity index is 996. The van der Waals surface area contributed by atoms with Crippen LogP contribution in [0.25, 0.3) is 0 Å². The number of nitrogens with one attached hydrogen (secondary N) is 1. The average Bonchev–Trinajstić information content (AvgIpc) is 2.81. The molecule has 0 aliphatic carbocycles. The number of para-hydroxylation sites is 1. The Hall–Kier alpha value is -3.74. The first kappa shape index (κ1) is 22.0. The molecule has 7 heteroatoms. The number of carbonyl (C=O) groups excluding carboxylic acids is 2. The lowest BCUT2D eigenvalue weighted by molar-refractivity contribution is -0.123. The largest absolute Gasteiger partial charge is 0.497 e. The summed E-state index contributed by atoms with van der Waals surface area (Å²) in [6.45, 7) is -0.812. The van der Waals surface area contributed by atoms with Crippen molar-refractivity contribution < 1.29 is 23.1 Å². The maximum atomic E-state index is 13.5. The zero-order valence-corrected chi connectivity index (χ0v) is 16.9. The highest BCUT2D eigenvalue weighted by Crippen LogP contribution is 2.30. The topological polar surface area (TPSA) is 58.6 Å². The van der Waals surface area contributed by atoms with E-state index in [-0.39, 0.29) is 0 Å². The Morgan fingerprint density at radius 2 is 1.48 bits per heavy atom. The molecule has 0 radical (unpaired) electrons. The van der Waals surface area contributed by atoms with Gasteiger partial charge in [-0.2, -0.15) is 0 Å². The summed E-state index contributed by atoms with van der Waals surface area (Å²) >= 11 is 0. The van der Waals surface area contributed by atoms with Crippen LogP contribution in [0.1, 0.15) is 22.0 Å². The maximum absolute atomic E-state index is 13.5. The van der Waals surface area contributed by atoms with Gasteiger partial charge in [0.05, 0.1) is 13.7 Å². The third-order valence-corrected chi connectivity index (χ3v) is 4.64. The normalized spacial score (nSPS) is 11.6. The Kier molecular flexibility index (Phi) is 7.32. The third-order valence-electron chi connectivity index (χ3n) is 4.64. The van der Waals surface area contributed by atoms with Crippen LogP contribution in [0.2, 0.25) is 0 Å². The van der Waals surface area contributed by atoms with Crippen molar-refractivity contribution in [2.45, 2.75) is 12.5 Å². The quantitative estimate of drug-likeness (QED) is 0.581. The lowest BCUT2D eigenvalue weighted by Crippen LogP contribution is -2.45. The highest BCUT2D eigenvalue weighted by molar-refractivity contribution is 6.10. The fourth-order valence-corrected chi connectivity index (χ4v) is 3.17. The summed E-state index contributed by atoms with van der Waals surface area (Å²) in [6, 6.07) is 22.6. The summed E-state index contributed by atoms with van der Waals surface area (Å²) in [6.07, 6.45) is -2.71. The molecule has 0 aliphatic heterocycles. The van der Waals surface area contributed by atoms with E-state index in [2.05, 4.69) is 5.32 Å². The van der Waals surface area contributed by atoms with Crippen molar-refractivity contribution >= 4 is 17.5 Å². The van der Waals surface area contributed by atoms with Crippen LogP contribution in [0.4, 0.5) is 14.5 Å². The molecule has 3 rings (SSSR count). The van der Waals surface area contributed by atoms with E-state index in [0.29, 0.717) is 22.6 Å². The van der Waals surface area contributed by atoms with Gasteiger partial charge in [0.1, 0.15) is 11.8 Å². The Labute approximate surface area is 179 Å². The van der Waals surface area contributed by atoms with Gasteiger partial charge in [0.2, 0.25) is 5.91 Å². The van der Waals surface area contributed by atoms with Gasteiger partial charge in [-0.25, -0.2) is 8.78 Å². The van der Waals surface area contributed by atoms with Gasteiger partial charge < -0.3 is 10.1 Å². The second kappa shape index (κ2) is 10.3. The van der Waals surface area contributed by atoms with Crippen molar-refractivity contribution in [2.24, 2.45) is 0 Å². The number of carbonyl (C=O) groups is 2. The number of hydrogen-bond donors (Lipinski definition) is 1. The summed E-state index contributed by atoms with van der Waals surface area (Å²) in [7, 11) is 1.51. The molecule has 2 amide bonds. The first-order valence-corrected chi connectivity index (χ1v) is 9.64. The fraction of sp³-hybridized carbons (Fsp3) is 0.167. The van der Waals surface area contributed by atoms with Crippen LogP contribution in [-0.4, -0.2) is 31.9 Å². The molecule has 0 saturated heterocycles. The van der Waals surface area contributed by atoms with E-state index in [9.17, 15) is 18.4 Å². The fourth-order valence-electron chi connectivity index (χ4n) is 3.17. The van der Waals surface area contributed by atoms with E-state index in [4.69, 9.17) is 4.74 Å². The monoisotopic (exact) mass is 424 g/mol. The highest BCUT2D eigenvalue weighted by Gasteiger charge is 2.33. The number of hydrogen-bond acceptors (Lipinski definition) is 3. The molecule has 0 bridgehead atoms. The van der Waals surface area contributed by atoms with Gasteiger partial charge in [-0.3, -0.25) is 14.5 Å². The Balaban J connectivity index is 2.11. The summed E-state index contributed by atoms with van der Waals surface area (Å²) in [5, 5.41) is 2.25. The van der Waals surface area contributed by atoms with Crippen LogP contribution in [0.5, 0.6) is 5.75 Å². The number of anilines is 1. The van der Waals surface area contributed by atoms with Crippen molar-refractivity contribution in [3.05, 3.63) is 96.1 Å². The van der Waals surface area contributed by atoms with E-state index in [1.165, 1.54) is 12.0 Å². The first-order valence-electron chi connectivity index (χ1n) is 9.64. The Morgan fingerprint density at radius 1 is 0.903 bits per heavy atom. The van der Waals surface area contributed by atoms with Crippen LogP contribution in [0.3, 0.4) is 0 Å². The molecule has 0 saturated carbocycles. The summed E-state index contributed by atoms with van der Waals surface area (Å²) < 4.78 is 30.8. The average molecular weight is 424 g/mol. The van der Waals surface area contributed by atoms with Crippen molar-refractivity contribution in [2.75, 3.05) is 18.6 Å². The molecule has 1 unspecified atom stereocenters. The van der Waals surface area contributed by atoms with Gasteiger partial charge in [0, 0.05) is 11.3 Å². The number of alkyl halides is 2. The first-order chi connectivity index (χ1) is 15.0. The molecular formula is C24H22F2N2O3. The number of benzene rings is 3. The molecule has 160 valence electrons. The molecule has 0 fully saturated rings. The van der Waals surface area contributed by atoms with Crippen LogP contribution < -0.4 is 15.0 Å². The van der Waals surface area contributed by atoms with Gasteiger partial charge in [-0.15, -0.1) is 0 Å². The zero-order chi connectivity index (χ0) is 22.2. The minimum atomic E-state index is -2.71. The molecule has 1 atom stereocenters. The van der Waals surface area contributed by atoms with Gasteiger partial charge in [0.25, 0.3) is 12.3 Å². The number of rotatable bonds is 8. The van der Waals surface area contributed by atoms with E-state index in [1.807, 2.05) is 0 Å². The molecule has 1 N–H and O–H groups in total. The minimum absolute atomic E-state index is 0.367. The molecule has 0 heterocycles. The third kappa shape index (κ3) is 5.45. The summed E-state index contributed by atoms with van der Waals surface area (Å²) in [4.78, 5) is 27.9. The predicted octanol–water partition coefficient (Wildman–Crippen LogP) is 4.46. The standard InChI is InChI=1S/C24H22F2N2O3/c1-31-20-14-12-17(13-15-20)22(23(29)27-16-21(25)26)28(19-10-6-3-7-11-19)24(30)18-8-4-2-5-9-18/h2-15,21-22H,16H2,1H3,(H,27,29). The molecule has 5 nitrogen and oxygen atoms in total. The summed E-state index contributed by atoms with van der Waals surface area (Å²) in [5.74, 6) is -0.574. The van der Waals surface area contributed by atoms with Crippen molar-refractivity contribution in [3.63, 3.8) is 0 Å². The predicted molar refractivity (Wildman–Crippen MR) is 114 cm³/mol. The SMILES string of the molecule is COc1ccc(C(C(=O)NCC(F)F)N(C(=O)c2ccccc2)c2ccccc2)cc1. The Morgan fingerprint density at radius 3 is 2.03 bits per heavy atom. The molecular weight excluding hydrogens is 402 g/mol. The van der Waals surface area contributed by atoms with E-state index >= 15 is 0 Å². The van der Waals surface area contributed by atoms with Gasteiger partial charge in [-0.05, 0) is 42.0 Å². The zero-order valence-electron chi connectivity index (χ0n) is 16.9. The van der Waals surface area contributed by atoms with Crippen LogP contribution in [0.15, 0.2) is 84.9 Å². The second-order valence-corrected chi connectivity index (χ2v) is 6.69. The van der Waals surface area contributed by atoms with E-state index < -0.39 is 30.8 Å². The van der Waals surface area contributed by atoms with E-state index in [1.54, 1.807) is 84.9 Å². The molecule has 3 aromatic carbocycles. The number of halogens is 2. The van der Waals surface area contributed by atoms with Gasteiger partial charge >= 0.3 is 0 Å². The van der Waals surface area contributed by atoms with Gasteiger partial charge in [0.15, 0.2) is 0 Å². The minimum Gasteiger partial charge on any atom is -0.497 e. The van der Waals surface area contributed by atoms with Crippen molar-refractivity contribution in [3.8, 4) is 5.75 Å². The molecule has 3 aromatic rings. The number of amides is 2. The van der Waals surface area contributed by atoms with E-state index in [0.717, 1.165) is 0 Å². The van der Waals surface area contributed by atoms with Crippen LogP contribution in [0, 0.1) is 0 Å². The molecule has 0 spiro atoms. The molecule has 31 heavy (non-hydrogen) atoms. The van der Waals surface area contributed by atoms with Crippen molar-refractivity contribution in [1.29, 1.82) is 0 Å². The smallest absolute Gasteiger partial charge is 0.259 e. The number of methoxy groups -OCH3 is 1. The highest BCUT2D eigenvalue weighted by atomic mass is 19.3. The van der Waals surface area contributed by atoms with Crippen LogP contribution >= 0.6 is 0 Å². The molecule has 0 aromatic heterocycles. The second-order valence-electron chi connectivity index (χ2n) is 6.69. The maximum Gasteiger partial charge on any atom is 0.259 e. The number of nitrogens with zero attached hydrogens (tertiary/aromatic N) is 1. The lowest BCUT2D eigenvalue weighted by Gasteiger charge is -2.31. The number of ether oxygens (including phenoxy) is 1.